The van der Waals surface area contributed by atoms with E-state index in [0.29, 0.717) is 27.4 Å². The second-order valence-corrected chi connectivity index (χ2v) is 4.39. The number of hydrogen-bond acceptors (Lipinski definition) is 5. The number of nitrogens with one attached hydrogen (secondary N) is 1. The Balaban J connectivity index is 2.21. The highest BCUT2D eigenvalue weighted by molar-refractivity contribution is 9.10. The minimum Gasteiger partial charge on any atom is -0.397 e. The Kier molecular flexibility index (Phi) is 3.52. The summed E-state index contributed by atoms with van der Waals surface area (Å²) in [6.45, 7) is 1.74. The molecule has 7 heteroatoms. The predicted octanol–water partition coefficient (Wildman–Crippen LogP) is 1.78. The molecule has 0 saturated heterocycles. The summed E-state index contributed by atoms with van der Waals surface area (Å²) < 4.78 is 0.599. The number of nitrogens with two attached hydrogens (primary N) is 1. The highest BCUT2D eigenvalue weighted by atomic mass is 79.9. The minimum absolute atomic E-state index is 0.316. The Labute approximate surface area is 112 Å². The molecule has 6 nitrogen and oxygen atoms in total. The van der Waals surface area contributed by atoms with Gasteiger partial charge in [0.05, 0.1) is 35.5 Å². The summed E-state index contributed by atoms with van der Waals surface area (Å²) in [5.74, 6) is 0.0500. The number of carbonyl (C=O) groups is 1. The fourth-order valence-corrected chi connectivity index (χ4v) is 1.54. The number of pyridine rings is 1. The third-order valence-corrected chi connectivity index (χ3v) is 2.62. The van der Waals surface area contributed by atoms with Crippen LogP contribution in [0.25, 0.3) is 0 Å². The van der Waals surface area contributed by atoms with Gasteiger partial charge in [-0.15, -0.1) is 0 Å². The molecule has 3 N–H and O–H groups in total. The van der Waals surface area contributed by atoms with Gasteiger partial charge in [0.15, 0.2) is 5.82 Å². The van der Waals surface area contributed by atoms with Crippen LogP contribution in [0.2, 0.25) is 0 Å². The summed E-state index contributed by atoms with van der Waals surface area (Å²) in [4.78, 5) is 24.0. The highest BCUT2D eigenvalue weighted by Gasteiger charge is 2.11. The zero-order valence-corrected chi connectivity index (χ0v) is 11.1. The van der Waals surface area contributed by atoms with E-state index in [-0.39, 0.29) is 5.91 Å². The van der Waals surface area contributed by atoms with Crippen molar-refractivity contribution in [3.63, 3.8) is 0 Å². The maximum atomic E-state index is 12.0. The van der Waals surface area contributed by atoms with Crippen molar-refractivity contribution in [2.75, 3.05) is 11.1 Å². The number of anilines is 2. The number of aromatic nitrogens is 3. The SMILES string of the molecule is Cc1ncc(N)cc1C(=O)Nc1cnc(Br)cn1. The molecule has 0 bridgehead atoms. The first-order valence-electron chi connectivity index (χ1n) is 5.07. The van der Waals surface area contributed by atoms with E-state index in [1.54, 1.807) is 13.0 Å². The van der Waals surface area contributed by atoms with Gasteiger partial charge in [-0.3, -0.25) is 9.78 Å². The lowest BCUT2D eigenvalue weighted by molar-refractivity contribution is 0.102. The Morgan fingerprint density at radius 1 is 1.28 bits per heavy atom. The van der Waals surface area contributed by atoms with Gasteiger partial charge >= 0.3 is 0 Å². The van der Waals surface area contributed by atoms with Crippen LogP contribution in [0, 0.1) is 6.92 Å². The molecule has 92 valence electrons. The Bertz CT molecular complexity index is 584. The van der Waals surface area contributed by atoms with Crippen LogP contribution in [0.1, 0.15) is 16.1 Å². The summed E-state index contributed by atoms with van der Waals surface area (Å²) in [6, 6.07) is 1.57. The molecule has 0 aliphatic heterocycles. The van der Waals surface area contributed by atoms with E-state index in [1.807, 2.05) is 0 Å². The molecule has 0 saturated carbocycles. The van der Waals surface area contributed by atoms with Crippen LogP contribution in [0.3, 0.4) is 0 Å². The standard InChI is InChI=1S/C11H10BrN5O/c1-6-8(2-7(13)3-14-6)11(18)17-10-5-15-9(12)4-16-10/h2-5H,13H2,1H3,(H,16,17,18). The monoisotopic (exact) mass is 307 g/mol. The lowest BCUT2D eigenvalue weighted by Crippen LogP contribution is -2.15. The van der Waals surface area contributed by atoms with E-state index in [4.69, 9.17) is 5.73 Å². The molecule has 2 aromatic rings. The number of nitrogens with zero attached hydrogens (tertiary/aromatic N) is 3. The lowest BCUT2D eigenvalue weighted by Gasteiger charge is -2.06. The minimum atomic E-state index is -0.316. The van der Waals surface area contributed by atoms with Crippen LogP contribution in [0.4, 0.5) is 11.5 Å². The first-order chi connectivity index (χ1) is 8.56. The number of amides is 1. The summed E-state index contributed by atoms with van der Waals surface area (Å²) >= 11 is 3.16. The maximum absolute atomic E-state index is 12.0. The molecule has 0 radical (unpaired) electrons. The van der Waals surface area contributed by atoms with Gasteiger partial charge in [0, 0.05) is 0 Å². The second-order valence-electron chi connectivity index (χ2n) is 3.58. The zero-order chi connectivity index (χ0) is 13.1. The third kappa shape index (κ3) is 2.80. The maximum Gasteiger partial charge on any atom is 0.258 e. The van der Waals surface area contributed by atoms with Gasteiger partial charge in [-0.05, 0) is 28.9 Å². The fourth-order valence-electron chi connectivity index (χ4n) is 1.34. The van der Waals surface area contributed by atoms with Gasteiger partial charge < -0.3 is 11.1 Å². The van der Waals surface area contributed by atoms with Crippen molar-refractivity contribution in [2.45, 2.75) is 6.92 Å². The van der Waals surface area contributed by atoms with Crippen LogP contribution >= 0.6 is 15.9 Å². The van der Waals surface area contributed by atoms with Gasteiger partial charge in [-0.2, -0.15) is 0 Å². The van der Waals surface area contributed by atoms with E-state index in [1.165, 1.54) is 18.6 Å². The molecule has 1 amide bonds. The van der Waals surface area contributed by atoms with Crippen LogP contribution < -0.4 is 11.1 Å². The first-order valence-corrected chi connectivity index (χ1v) is 5.86. The van der Waals surface area contributed by atoms with Crippen LogP contribution in [-0.4, -0.2) is 20.9 Å². The molecule has 0 fully saturated rings. The average molecular weight is 308 g/mol. The number of aryl methyl sites for hydroxylation is 1. The van der Waals surface area contributed by atoms with Crippen molar-refractivity contribution in [1.29, 1.82) is 0 Å². The number of rotatable bonds is 2. The molecule has 0 spiro atoms. The smallest absolute Gasteiger partial charge is 0.258 e. The van der Waals surface area contributed by atoms with Gasteiger partial charge in [0.25, 0.3) is 5.91 Å². The lowest BCUT2D eigenvalue weighted by atomic mass is 10.2. The van der Waals surface area contributed by atoms with Crippen molar-refractivity contribution < 1.29 is 4.79 Å². The molecule has 0 aliphatic rings. The largest absolute Gasteiger partial charge is 0.397 e. The van der Waals surface area contributed by atoms with Crippen molar-refractivity contribution in [1.82, 2.24) is 15.0 Å². The Hall–Kier alpha value is -2.02. The van der Waals surface area contributed by atoms with Crippen LogP contribution in [0.15, 0.2) is 29.3 Å². The highest BCUT2D eigenvalue weighted by Crippen LogP contribution is 2.12. The molecule has 2 aromatic heterocycles. The molecule has 0 atom stereocenters. The van der Waals surface area contributed by atoms with E-state index in [0.717, 1.165) is 0 Å². The van der Waals surface area contributed by atoms with E-state index in [9.17, 15) is 4.79 Å². The van der Waals surface area contributed by atoms with Gasteiger partial charge in [-0.1, -0.05) is 0 Å². The van der Waals surface area contributed by atoms with Gasteiger partial charge in [0.1, 0.15) is 4.60 Å². The van der Waals surface area contributed by atoms with E-state index in [2.05, 4.69) is 36.2 Å². The van der Waals surface area contributed by atoms with Crippen LogP contribution in [0.5, 0.6) is 0 Å². The Morgan fingerprint density at radius 3 is 2.72 bits per heavy atom. The molecule has 0 aliphatic carbocycles. The molecular weight excluding hydrogens is 298 g/mol. The second kappa shape index (κ2) is 5.09. The summed E-state index contributed by atoms with van der Waals surface area (Å²) in [7, 11) is 0. The summed E-state index contributed by atoms with van der Waals surface area (Å²) in [5, 5.41) is 2.62. The Morgan fingerprint density at radius 2 is 2.06 bits per heavy atom. The molecule has 18 heavy (non-hydrogen) atoms. The summed E-state index contributed by atoms with van der Waals surface area (Å²) in [6.07, 6.45) is 4.46. The van der Waals surface area contributed by atoms with Crippen molar-refractivity contribution in [3.8, 4) is 0 Å². The first kappa shape index (κ1) is 12.4. The topological polar surface area (TPSA) is 93.8 Å². The quantitative estimate of drug-likeness (QED) is 0.882. The normalized spacial score (nSPS) is 10.1. The predicted molar refractivity (Wildman–Crippen MR) is 71.1 cm³/mol. The molecular formula is C11H10BrN5O. The number of hydrogen-bond donors (Lipinski definition) is 2. The van der Waals surface area contributed by atoms with E-state index < -0.39 is 0 Å². The van der Waals surface area contributed by atoms with Crippen molar-refractivity contribution >= 4 is 33.3 Å². The third-order valence-electron chi connectivity index (χ3n) is 2.21. The van der Waals surface area contributed by atoms with Crippen LogP contribution in [-0.2, 0) is 0 Å². The summed E-state index contributed by atoms with van der Waals surface area (Å²) in [5.41, 5.74) is 7.06. The van der Waals surface area contributed by atoms with Gasteiger partial charge in [0.2, 0.25) is 0 Å². The number of carbonyl (C=O) groups excluding carboxylic acids is 1. The van der Waals surface area contributed by atoms with Crippen molar-refractivity contribution in [3.05, 3.63) is 40.5 Å². The van der Waals surface area contributed by atoms with Crippen molar-refractivity contribution in [2.24, 2.45) is 0 Å². The molecule has 2 heterocycles. The molecule has 2 rings (SSSR count). The number of halogens is 1. The molecule has 0 aromatic carbocycles. The average Bonchev–Trinajstić information content (AvgIpc) is 2.35. The van der Waals surface area contributed by atoms with E-state index >= 15 is 0 Å². The number of nitrogen functional groups attached to an aromatic ring is 1. The van der Waals surface area contributed by atoms with Gasteiger partial charge in [-0.25, -0.2) is 9.97 Å². The molecule has 0 unspecified atom stereocenters. The fraction of sp³-hybridized carbons (Fsp3) is 0.0909. The zero-order valence-electron chi connectivity index (χ0n) is 9.51.